The third kappa shape index (κ3) is 1.70. The van der Waals surface area contributed by atoms with E-state index in [9.17, 15) is 9.59 Å². The van der Waals surface area contributed by atoms with Crippen LogP contribution in [0.2, 0.25) is 0 Å². The third-order valence-corrected chi connectivity index (χ3v) is 3.35. The van der Waals surface area contributed by atoms with Crippen LogP contribution in [0.3, 0.4) is 0 Å². The van der Waals surface area contributed by atoms with E-state index in [-0.39, 0.29) is 23.9 Å². The first kappa shape index (κ1) is 10.3. The van der Waals surface area contributed by atoms with E-state index in [4.69, 9.17) is 4.42 Å². The highest BCUT2D eigenvalue weighted by Gasteiger charge is 2.44. The summed E-state index contributed by atoms with van der Waals surface area (Å²) in [7, 11) is 0. The molecule has 6 heteroatoms. The van der Waals surface area contributed by atoms with Crippen LogP contribution in [0.4, 0.5) is 4.79 Å². The monoisotopic (exact) mass is 235 g/mol. The Kier molecular flexibility index (Phi) is 2.36. The molecule has 0 spiro atoms. The SMILES string of the molecule is O=C1NC(=O)C2C(NCCC2c2ccco2)N1. The minimum atomic E-state index is -0.441. The zero-order valence-corrected chi connectivity index (χ0v) is 9.10. The number of carbonyl (C=O) groups excluding carboxylic acids is 2. The molecule has 1 aromatic heterocycles. The maximum Gasteiger partial charge on any atom is 0.322 e. The van der Waals surface area contributed by atoms with Gasteiger partial charge in [0, 0.05) is 5.92 Å². The molecule has 90 valence electrons. The van der Waals surface area contributed by atoms with Gasteiger partial charge in [0.05, 0.1) is 18.3 Å². The fourth-order valence-corrected chi connectivity index (χ4v) is 2.60. The summed E-state index contributed by atoms with van der Waals surface area (Å²) in [5, 5.41) is 8.16. The normalized spacial score (nSPS) is 32.6. The van der Waals surface area contributed by atoms with Crippen molar-refractivity contribution in [1.29, 1.82) is 0 Å². The number of amides is 3. The molecule has 3 amide bonds. The van der Waals surface area contributed by atoms with E-state index in [1.165, 1.54) is 0 Å². The molecule has 3 rings (SSSR count). The molecule has 0 bridgehead atoms. The highest BCUT2D eigenvalue weighted by atomic mass is 16.3. The number of fused-ring (bicyclic) bond motifs is 1. The Balaban J connectivity index is 1.90. The Morgan fingerprint density at radius 1 is 1.35 bits per heavy atom. The molecule has 0 radical (unpaired) electrons. The summed E-state index contributed by atoms with van der Waals surface area (Å²) in [6.45, 7) is 0.750. The van der Waals surface area contributed by atoms with Crippen molar-refractivity contribution in [3.05, 3.63) is 24.2 Å². The van der Waals surface area contributed by atoms with Gasteiger partial charge in [-0.1, -0.05) is 0 Å². The van der Waals surface area contributed by atoms with Crippen LogP contribution in [-0.2, 0) is 4.79 Å². The topological polar surface area (TPSA) is 83.4 Å². The van der Waals surface area contributed by atoms with Crippen molar-refractivity contribution in [2.45, 2.75) is 18.5 Å². The molecule has 0 aromatic carbocycles. The molecule has 3 atom stereocenters. The smallest absolute Gasteiger partial charge is 0.322 e. The third-order valence-electron chi connectivity index (χ3n) is 3.35. The van der Waals surface area contributed by atoms with Crippen LogP contribution >= 0.6 is 0 Å². The summed E-state index contributed by atoms with van der Waals surface area (Å²) in [6.07, 6.45) is 2.11. The van der Waals surface area contributed by atoms with Crippen molar-refractivity contribution in [1.82, 2.24) is 16.0 Å². The number of hydrogen-bond donors (Lipinski definition) is 3. The molecule has 17 heavy (non-hydrogen) atoms. The first-order chi connectivity index (χ1) is 8.25. The van der Waals surface area contributed by atoms with E-state index in [0.29, 0.717) is 0 Å². The summed E-state index contributed by atoms with van der Waals surface area (Å²) < 4.78 is 5.38. The van der Waals surface area contributed by atoms with Gasteiger partial charge in [0.1, 0.15) is 5.76 Å². The van der Waals surface area contributed by atoms with Gasteiger partial charge in [-0.2, -0.15) is 0 Å². The summed E-state index contributed by atoms with van der Waals surface area (Å²) >= 11 is 0. The molecule has 2 fully saturated rings. The van der Waals surface area contributed by atoms with Crippen LogP contribution < -0.4 is 16.0 Å². The van der Waals surface area contributed by atoms with E-state index in [0.717, 1.165) is 18.7 Å². The van der Waals surface area contributed by atoms with E-state index in [1.807, 2.05) is 12.1 Å². The number of nitrogens with one attached hydrogen (secondary N) is 3. The minimum Gasteiger partial charge on any atom is -0.469 e. The van der Waals surface area contributed by atoms with Crippen molar-refractivity contribution in [3.8, 4) is 0 Å². The summed E-state index contributed by atoms with van der Waals surface area (Å²) in [5.74, 6) is 0.254. The molecular formula is C11H13N3O3. The number of hydrogen-bond acceptors (Lipinski definition) is 4. The van der Waals surface area contributed by atoms with Crippen LogP contribution in [0.15, 0.2) is 22.8 Å². The first-order valence-electron chi connectivity index (χ1n) is 5.64. The van der Waals surface area contributed by atoms with E-state index < -0.39 is 6.03 Å². The largest absolute Gasteiger partial charge is 0.469 e. The average Bonchev–Trinajstić information content (AvgIpc) is 2.80. The Morgan fingerprint density at radius 3 is 3.00 bits per heavy atom. The maximum atomic E-state index is 11.9. The summed E-state index contributed by atoms with van der Waals surface area (Å²) in [5.41, 5.74) is 0. The predicted molar refractivity (Wildman–Crippen MR) is 58.0 cm³/mol. The molecule has 1 aromatic rings. The van der Waals surface area contributed by atoms with Gasteiger partial charge in [0.2, 0.25) is 5.91 Å². The minimum absolute atomic E-state index is 0.0110. The second kappa shape index (κ2) is 3.89. The van der Waals surface area contributed by atoms with Crippen LogP contribution in [0, 0.1) is 5.92 Å². The quantitative estimate of drug-likeness (QED) is 0.646. The Bertz CT molecular complexity index is 443. The van der Waals surface area contributed by atoms with Gasteiger partial charge in [-0.25, -0.2) is 4.79 Å². The Morgan fingerprint density at radius 2 is 2.24 bits per heavy atom. The van der Waals surface area contributed by atoms with Crippen molar-refractivity contribution >= 4 is 11.9 Å². The van der Waals surface area contributed by atoms with Gasteiger partial charge in [-0.3, -0.25) is 15.4 Å². The maximum absolute atomic E-state index is 11.9. The molecule has 2 saturated heterocycles. The second-order valence-electron chi connectivity index (χ2n) is 4.33. The molecule has 0 saturated carbocycles. The first-order valence-corrected chi connectivity index (χ1v) is 5.64. The summed E-state index contributed by atoms with van der Waals surface area (Å²) in [6, 6.07) is 3.24. The Labute approximate surface area is 97.7 Å². The highest BCUT2D eigenvalue weighted by Crippen LogP contribution is 2.34. The summed E-state index contributed by atoms with van der Waals surface area (Å²) in [4.78, 5) is 23.1. The Hall–Kier alpha value is -1.82. The van der Waals surface area contributed by atoms with Crippen molar-refractivity contribution in [2.24, 2.45) is 5.92 Å². The fraction of sp³-hybridized carbons (Fsp3) is 0.455. The molecule has 3 heterocycles. The van der Waals surface area contributed by atoms with Gasteiger partial charge < -0.3 is 9.73 Å². The number of carbonyl (C=O) groups is 2. The lowest BCUT2D eigenvalue weighted by atomic mass is 9.80. The van der Waals surface area contributed by atoms with E-state index in [1.54, 1.807) is 6.26 Å². The molecule has 6 nitrogen and oxygen atoms in total. The second-order valence-corrected chi connectivity index (χ2v) is 4.33. The van der Waals surface area contributed by atoms with Crippen LogP contribution in [0.25, 0.3) is 0 Å². The zero-order valence-electron chi connectivity index (χ0n) is 9.10. The molecular weight excluding hydrogens is 222 g/mol. The van der Waals surface area contributed by atoms with Crippen molar-refractivity contribution < 1.29 is 14.0 Å². The number of imide groups is 1. The van der Waals surface area contributed by atoms with Gasteiger partial charge >= 0.3 is 6.03 Å². The predicted octanol–water partition coefficient (Wildman–Crippen LogP) is 0.138. The molecule has 0 aliphatic carbocycles. The fourth-order valence-electron chi connectivity index (χ4n) is 2.60. The van der Waals surface area contributed by atoms with E-state index in [2.05, 4.69) is 16.0 Å². The standard InChI is InChI=1S/C11H13N3O3/c15-10-8-6(7-2-1-5-17-7)3-4-12-9(8)13-11(16)14-10/h1-2,5-6,8-9,12H,3-4H2,(H2,13,14,15,16). The lowest BCUT2D eigenvalue weighted by molar-refractivity contribution is -0.128. The molecule has 2 aliphatic rings. The number of urea groups is 1. The number of rotatable bonds is 1. The molecule has 3 unspecified atom stereocenters. The van der Waals surface area contributed by atoms with Crippen molar-refractivity contribution in [2.75, 3.05) is 6.54 Å². The zero-order chi connectivity index (χ0) is 11.8. The molecule has 2 aliphatic heterocycles. The van der Waals surface area contributed by atoms with Crippen LogP contribution in [0.1, 0.15) is 18.1 Å². The highest BCUT2D eigenvalue weighted by molar-refractivity contribution is 5.99. The van der Waals surface area contributed by atoms with Gasteiger partial charge in [0.15, 0.2) is 0 Å². The van der Waals surface area contributed by atoms with Gasteiger partial charge in [0.25, 0.3) is 0 Å². The number of piperidine rings is 1. The number of furan rings is 1. The van der Waals surface area contributed by atoms with Crippen molar-refractivity contribution in [3.63, 3.8) is 0 Å². The average molecular weight is 235 g/mol. The van der Waals surface area contributed by atoms with Gasteiger partial charge in [-0.05, 0) is 25.1 Å². The van der Waals surface area contributed by atoms with Crippen LogP contribution in [-0.4, -0.2) is 24.6 Å². The lowest BCUT2D eigenvalue weighted by Gasteiger charge is -2.39. The van der Waals surface area contributed by atoms with Gasteiger partial charge in [-0.15, -0.1) is 0 Å². The molecule has 3 N–H and O–H groups in total. The van der Waals surface area contributed by atoms with Crippen LogP contribution in [0.5, 0.6) is 0 Å². The van der Waals surface area contributed by atoms with E-state index >= 15 is 0 Å². The lowest BCUT2D eigenvalue weighted by Crippen LogP contribution is -2.66.